The topological polar surface area (TPSA) is 43.8 Å². The highest BCUT2D eigenvalue weighted by Gasteiger charge is 2.14. The van der Waals surface area contributed by atoms with Gasteiger partial charge in [0.05, 0.1) is 21.7 Å². The zero-order valence-corrected chi connectivity index (χ0v) is 10.9. The van der Waals surface area contributed by atoms with Gasteiger partial charge >= 0.3 is 0 Å². The SMILES string of the molecule is Cc1ccccc1-n1c(N)nc2cc(Cl)c(F)cc21. The van der Waals surface area contributed by atoms with Gasteiger partial charge < -0.3 is 5.73 Å². The van der Waals surface area contributed by atoms with E-state index in [0.717, 1.165) is 11.3 Å². The number of anilines is 1. The summed E-state index contributed by atoms with van der Waals surface area (Å²) < 4.78 is 15.4. The fraction of sp³-hybridized carbons (Fsp3) is 0.0714. The molecule has 3 rings (SSSR count). The van der Waals surface area contributed by atoms with Gasteiger partial charge in [0, 0.05) is 6.07 Å². The average Bonchev–Trinajstić information content (AvgIpc) is 2.66. The van der Waals surface area contributed by atoms with Gasteiger partial charge in [0.25, 0.3) is 0 Å². The first kappa shape index (κ1) is 12.0. The van der Waals surface area contributed by atoms with Crippen LogP contribution in [0, 0.1) is 12.7 Å². The number of fused-ring (bicyclic) bond motifs is 1. The summed E-state index contributed by atoms with van der Waals surface area (Å²) >= 11 is 5.76. The molecule has 3 nitrogen and oxygen atoms in total. The second-order valence-corrected chi connectivity index (χ2v) is 4.75. The molecule has 3 aromatic rings. The van der Waals surface area contributed by atoms with E-state index in [1.54, 1.807) is 4.57 Å². The van der Waals surface area contributed by atoms with E-state index >= 15 is 0 Å². The number of nitrogen functional groups attached to an aromatic ring is 1. The number of imidazole rings is 1. The molecule has 0 saturated heterocycles. The Morgan fingerprint density at radius 3 is 2.74 bits per heavy atom. The molecule has 0 bridgehead atoms. The van der Waals surface area contributed by atoms with Crippen molar-refractivity contribution < 1.29 is 4.39 Å². The fourth-order valence-corrected chi connectivity index (χ4v) is 2.32. The van der Waals surface area contributed by atoms with Crippen molar-refractivity contribution in [3.8, 4) is 5.69 Å². The van der Waals surface area contributed by atoms with Crippen molar-refractivity contribution in [2.24, 2.45) is 0 Å². The second-order valence-electron chi connectivity index (χ2n) is 4.35. The monoisotopic (exact) mass is 275 g/mol. The molecule has 0 saturated carbocycles. The molecule has 0 amide bonds. The third-order valence-corrected chi connectivity index (χ3v) is 3.37. The number of aryl methyl sites for hydroxylation is 1. The fourth-order valence-electron chi connectivity index (χ4n) is 2.16. The maximum atomic E-state index is 13.6. The first-order valence-corrected chi connectivity index (χ1v) is 6.14. The maximum absolute atomic E-state index is 13.6. The van der Waals surface area contributed by atoms with Crippen molar-refractivity contribution in [2.75, 3.05) is 5.73 Å². The van der Waals surface area contributed by atoms with Crippen LogP contribution in [0.2, 0.25) is 5.02 Å². The Bertz CT molecular complexity index is 780. The van der Waals surface area contributed by atoms with Crippen molar-refractivity contribution in [1.82, 2.24) is 9.55 Å². The summed E-state index contributed by atoms with van der Waals surface area (Å²) in [7, 11) is 0. The van der Waals surface area contributed by atoms with Gasteiger partial charge in [-0.2, -0.15) is 0 Å². The number of hydrogen-bond acceptors (Lipinski definition) is 2. The zero-order chi connectivity index (χ0) is 13.6. The largest absolute Gasteiger partial charge is 0.369 e. The van der Waals surface area contributed by atoms with Crippen molar-refractivity contribution >= 4 is 28.6 Å². The van der Waals surface area contributed by atoms with Gasteiger partial charge in [0.2, 0.25) is 5.95 Å². The second kappa shape index (κ2) is 4.24. The van der Waals surface area contributed by atoms with E-state index in [-0.39, 0.29) is 5.02 Å². The molecule has 0 aliphatic rings. The van der Waals surface area contributed by atoms with Crippen molar-refractivity contribution in [2.45, 2.75) is 6.92 Å². The number of nitrogens with two attached hydrogens (primary N) is 1. The van der Waals surface area contributed by atoms with Crippen molar-refractivity contribution in [3.63, 3.8) is 0 Å². The molecular weight excluding hydrogens is 265 g/mol. The number of nitrogens with zero attached hydrogens (tertiary/aromatic N) is 2. The molecule has 2 aromatic carbocycles. The van der Waals surface area contributed by atoms with E-state index in [1.165, 1.54) is 12.1 Å². The van der Waals surface area contributed by atoms with E-state index < -0.39 is 5.82 Å². The van der Waals surface area contributed by atoms with Crippen LogP contribution in [0.1, 0.15) is 5.56 Å². The molecule has 1 heterocycles. The molecule has 19 heavy (non-hydrogen) atoms. The number of aromatic nitrogens is 2. The molecule has 0 radical (unpaired) electrons. The minimum atomic E-state index is -0.482. The van der Waals surface area contributed by atoms with Gasteiger partial charge in [-0.05, 0) is 24.6 Å². The van der Waals surface area contributed by atoms with Crippen molar-refractivity contribution in [1.29, 1.82) is 0 Å². The Kier molecular flexibility index (Phi) is 2.68. The summed E-state index contributed by atoms with van der Waals surface area (Å²) in [4.78, 5) is 4.22. The molecule has 0 atom stereocenters. The van der Waals surface area contributed by atoms with Crippen molar-refractivity contribution in [3.05, 3.63) is 52.8 Å². The normalized spacial score (nSPS) is 11.1. The third-order valence-electron chi connectivity index (χ3n) is 3.08. The van der Waals surface area contributed by atoms with Gasteiger partial charge in [-0.25, -0.2) is 9.37 Å². The summed E-state index contributed by atoms with van der Waals surface area (Å²) in [6, 6.07) is 10.6. The van der Waals surface area contributed by atoms with E-state index in [9.17, 15) is 4.39 Å². The van der Waals surface area contributed by atoms with Gasteiger partial charge in [-0.1, -0.05) is 29.8 Å². The van der Waals surface area contributed by atoms with Crippen LogP contribution in [0.25, 0.3) is 16.7 Å². The van der Waals surface area contributed by atoms with Crippen LogP contribution in [0.5, 0.6) is 0 Å². The average molecular weight is 276 g/mol. The van der Waals surface area contributed by atoms with Gasteiger partial charge in [0.15, 0.2) is 0 Å². The summed E-state index contributed by atoms with van der Waals surface area (Å²) in [6.45, 7) is 1.97. The lowest BCUT2D eigenvalue weighted by Crippen LogP contribution is -2.02. The van der Waals surface area contributed by atoms with E-state index in [4.69, 9.17) is 17.3 Å². The highest BCUT2D eigenvalue weighted by molar-refractivity contribution is 6.31. The molecule has 1 aromatic heterocycles. The first-order valence-electron chi connectivity index (χ1n) is 5.77. The lowest BCUT2D eigenvalue weighted by atomic mass is 10.2. The highest BCUT2D eigenvalue weighted by Crippen LogP contribution is 2.28. The zero-order valence-electron chi connectivity index (χ0n) is 10.2. The lowest BCUT2D eigenvalue weighted by Gasteiger charge is -2.09. The predicted molar refractivity (Wildman–Crippen MR) is 75.2 cm³/mol. The van der Waals surface area contributed by atoms with E-state index in [1.807, 2.05) is 31.2 Å². The molecule has 0 aliphatic carbocycles. The Hall–Kier alpha value is -2.07. The Labute approximate surface area is 114 Å². The van der Waals surface area contributed by atoms with Crippen LogP contribution in [0.3, 0.4) is 0 Å². The molecule has 5 heteroatoms. The molecule has 0 spiro atoms. The van der Waals surface area contributed by atoms with Crippen LogP contribution in [-0.2, 0) is 0 Å². The minimum absolute atomic E-state index is 0.0435. The minimum Gasteiger partial charge on any atom is -0.369 e. The molecule has 0 fully saturated rings. The summed E-state index contributed by atoms with van der Waals surface area (Å²) in [6.07, 6.45) is 0. The first-order chi connectivity index (χ1) is 9.08. The molecule has 96 valence electrons. The number of para-hydroxylation sites is 1. The summed E-state index contributed by atoms with van der Waals surface area (Å²) in [5.41, 5.74) is 9.03. The van der Waals surface area contributed by atoms with Crippen LogP contribution < -0.4 is 5.73 Å². The lowest BCUT2D eigenvalue weighted by molar-refractivity contribution is 0.629. The van der Waals surface area contributed by atoms with E-state index in [0.29, 0.717) is 17.0 Å². The van der Waals surface area contributed by atoms with Gasteiger partial charge in [-0.3, -0.25) is 4.57 Å². The van der Waals surface area contributed by atoms with Gasteiger partial charge in [-0.15, -0.1) is 0 Å². The molecular formula is C14H11ClFN3. The Morgan fingerprint density at radius 1 is 1.26 bits per heavy atom. The molecule has 0 aliphatic heterocycles. The van der Waals surface area contributed by atoms with Crippen LogP contribution in [0.4, 0.5) is 10.3 Å². The number of hydrogen-bond donors (Lipinski definition) is 1. The third kappa shape index (κ3) is 1.85. The molecule has 2 N–H and O–H groups in total. The number of benzene rings is 2. The van der Waals surface area contributed by atoms with Crippen LogP contribution >= 0.6 is 11.6 Å². The predicted octanol–water partition coefficient (Wildman–Crippen LogP) is 3.71. The van der Waals surface area contributed by atoms with Gasteiger partial charge in [0.1, 0.15) is 5.82 Å². The quantitative estimate of drug-likeness (QED) is 0.736. The standard InChI is InChI=1S/C14H11ClFN3/c1-8-4-2-3-5-12(8)19-13-7-10(16)9(15)6-11(13)18-14(19)17/h2-7H,1H3,(H2,17,18). The molecule has 0 unspecified atom stereocenters. The maximum Gasteiger partial charge on any atom is 0.205 e. The summed E-state index contributed by atoms with van der Waals surface area (Å²) in [5.74, 6) is -0.171. The van der Waals surface area contributed by atoms with E-state index in [2.05, 4.69) is 4.98 Å². The van der Waals surface area contributed by atoms with Crippen LogP contribution in [-0.4, -0.2) is 9.55 Å². The number of halogens is 2. The Morgan fingerprint density at radius 2 is 2.00 bits per heavy atom. The number of rotatable bonds is 1. The summed E-state index contributed by atoms with van der Waals surface area (Å²) in [5, 5.41) is 0.0435. The smallest absolute Gasteiger partial charge is 0.205 e. The van der Waals surface area contributed by atoms with Crippen LogP contribution in [0.15, 0.2) is 36.4 Å². The Balaban J connectivity index is 2.38. The highest BCUT2D eigenvalue weighted by atomic mass is 35.5.